The lowest BCUT2D eigenvalue weighted by molar-refractivity contribution is -0.152. The van der Waals surface area contributed by atoms with Crippen molar-refractivity contribution < 1.29 is 24.2 Å². The number of aliphatic hydroxyl groups excluding tert-OH is 1. The van der Waals surface area contributed by atoms with E-state index in [1.807, 2.05) is 0 Å². The third-order valence-corrected chi connectivity index (χ3v) is 2.70. The number of hydrogen-bond donors (Lipinski definition) is 1. The van der Waals surface area contributed by atoms with E-state index in [-0.39, 0.29) is 18.7 Å². The average Bonchev–Trinajstić information content (AvgIpc) is 2.23. The molecule has 0 aromatic rings. The monoisotopic (exact) mass is 254 g/mol. The molecule has 0 spiro atoms. The Labute approximate surface area is 106 Å². The van der Waals surface area contributed by atoms with Crippen molar-refractivity contribution in [1.82, 2.24) is 0 Å². The number of hydrogen-bond acceptors (Lipinski definition) is 5. The second-order valence-corrected chi connectivity index (χ2v) is 4.21. The molecule has 0 aromatic carbocycles. The highest BCUT2D eigenvalue weighted by atomic mass is 16.6. The van der Waals surface area contributed by atoms with Crippen LogP contribution < -0.4 is 0 Å². The van der Waals surface area contributed by atoms with Gasteiger partial charge >= 0.3 is 11.9 Å². The molecule has 2 atom stereocenters. The van der Waals surface area contributed by atoms with Crippen molar-refractivity contribution in [2.45, 2.75) is 38.9 Å². The molecule has 1 N–H and O–H groups in total. The number of carbonyl (C=O) groups excluding carboxylic acids is 2. The molecule has 0 aliphatic heterocycles. The Morgan fingerprint density at radius 3 is 2.50 bits per heavy atom. The predicted octanol–water partition coefficient (Wildman–Crippen LogP) is 1.12. The molecular weight excluding hydrogens is 236 g/mol. The maximum atomic E-state index is 11.0. The third kappa shape index (κ3) is 4.00. The Kier molecular flexibility index (Phi) is 5.09. The molecule has 0 aromatic heterocycles. The minimum Gasteiger partial charge on any atom is -0.462 e. The Bertz CT molecular complexity index is 383. The maximum Gasteiger partial charge on any atom is 0.303 e. The second kappa shape index (κ2) is 6.35. The van der Waals surface area contributed by atoms with Crippen LogP contribution in [0.1, 0.15) is 26.7 Å². The minimum atomic E-state index is -0.501. The summed E-state index contributed by atoms with van der Waals surface area (Å²) in [5, 5.41) is 8.94. The number of carbonyl (C=O) groups is 2. The molecule has 0 radical (unpaired) electrons. The van der Waals surface area contributed by atoms with Crippen LogP contribution in [0.5, 0.6) is 0 Å². The van der Waals surface area contributed by atoms with Gasteiger partial charge in [0, 0.05) is 26.7 Å². The summed E-state index contributed by atoms with van der Waals surface area (Å²) in [4.78, 5) is 22.0. The van der Waals surface area contributed by atoms with Crippen LogP contribution in [-0.2, 0) is 19.1 Å². The van der Waals surface area contributed by atoms with Gasteiger partial charge in [0.25, 0.3) is 0 Å². The first-order chi connectivity index (χ1) is 8.43. The van der Waals surface area contributed by atoms with Gasteiger partial charge in [-0.2, -0.15) is 0 Å². The Morgan fingerprint density at radius 1 is 1.39 bits per heavy atom. The van der Waals surface area contributed by atoms with Crippen LogP contribution >= 0.6 is 0 Å². The van der Waals surface area contributed by atoms with Crippen LogP contribution in [-0.4, -0.2) is 35.9 Å². The zero-order chi connectivity index (χ0) is 13.7. The fourth-order valence-electron chi connectivity index (χ4n) is 2.02. The van der Waals surface area contributed by atoms with Gasteiger partial charge in [-0.05, 0) is 11.1 Å². The van der Waals surface area contributed by atoms with E-state index in [0.717, 1.165) is 5.57 Å². The van der Waals surface area contributed by atoms with Gasteiger partial charge in [-0.15, -0.1) is 0 Å². The van der Waals surface area contributed by atoms with E-state index in [1.165, 1.54) is 13.8 Å². The lowest BCUT2D eigenvalue weighted by Gasteiger charge is -2.32. The molecule has 0 amide bonds. The summed E-state index contributed by atoms with van der Waals surface area (Å²) in [7, 11) is 0. The molecule has 1 saturated carbocycles. The van der Waals surface area contributed by atoms with Crippen LogP contribution in [0.2, 0.25) is 0 Å². The molecule has 0 heterocycles. The van der Waals surface area contributed by atoms with Gasteiger partial charge in [-0.25, -0.2) is 0 Å². The third-order valence-electron chi connectivity index (χ3n) is 2.70. The van der Waals surface area contributed by atoms with E-state index < -0.39 is 12.1 Å². The Morgan fingerprint density at radius 2 is 2.00 bits per heavy atom. The van der Waals surface area contributed by atoms with E-state index in [2.05, 4.69) is 6.58 Å². The van der Waals surface area contributed by atoms with Crippen molar-refractivity contribution in [3.63, 3.8) is 0 Å². The smallest absolute Gasteiger partial charge is 0.303 e. The molecule has 5 nitrogen and oxygen atoms in total. The molecule has 1 rings (SSSR count). The predicted molar refractivity (Wildman–Crippen MR) is 64.7 cm³/mol. The first kappa shape index (κ1) is 14.4. The van der Waals surface area contributed by atoms with Crippen molar-refractivity contribution in [2.75, 3.05) is 6.61 Å². The van der Waals surface area contributed by atoms with Crippen molar-refractivity contribution in [1.29, 1.82) is 0 Å². The van der Waals surface area contributed by atoms with E-state index in [1.54, 1.807) is 6.08 Å². The average molecular weight is 254 g/mol. The van der Waals surface area contributed by atoms with Gasteiger partial charge in [-0.1, -0.05) is 12.7 Å². The summed E-state index contributed by atoms with van der Waals surface area (Å²) in [6.07, 6.45) is 1.62. The van der Waals surface area contributed by atoms with Crippen LogP contribution in [0.3, 0.4) is 0 Å². The summed E-state index contributed by atoms with van der Waals surface area (Å²) in [6, 6.07) is 0. The molecule has 2 unspecified atom stereocenters. The summed E-state index contributed by atoms with van der Waals surface area (Å²) in [5.74, 6) is -0.787. The van der Waals surface area contributed by atoms with Gasteiger partial charge < -0.3 is 14.6 Å². The van der Waals surface area contributed by atoms with Gasteiger partial charge in [-0.3, -0.25) is 9.59 Å². The highest BCUT2D eigenvalue weighted by Gasteiger charge is 2.31. The summed E-state index contributed by atoms with van der Waals surface area (Å²) < 4.78 is 10.3. The zero-order valence-corrected chi connectivity index (χ0v) is 10.6. The van der Waals surface area contributed by atoms with E-state index in [9.17, 15) is 9.59 Å². The molecule has 18 heavy (non-hydrogen) atoms. The first-order valence-electron chi connectivity index (χ1n) is 5.77. The lowest BCUT2D eigenvalue weighted by Crippen LogP contribution is -2.33. The van der Waals surface area contributed by atoms with E-state index in [0.29, 0.717) is 18.4 Å². The number of esters is 2. The SMILES string of the molecule is C=C1C(=CCO)CC(OC(C)=O)CC1OC(C)=O. The van der Waals surface area contributed by atoms with Gasteiger partial charge in [0.15, 0.2) is 0 Å². The first-order valence-corrected chi connectivity index (χ1v) is 5.77. The van der Waals surface area contributed by atoms with Gasteiger partial charge in [0.2, 0.25) is 0 Å². The molecule has 1 aliphatic rings. The van der Waals surface area contributed by atoms with Gasteiger partial charge in [0.1, 0.15) is 12.2 Å². The zero-order valence-electron chi connectivity index (χ0n) is 10.6. The van der Waals surface area contributed by atoms with Crippen LogP contribution in [0, 0.1) is 0 Å². The fourth-order valence-corrected chi connectivity index (χ4v) is 2.02. The highest BCUT2D eigenvalue weighted by molar-refractivity contribution is 5.67. The molecule has 0 saturated heterocycles. The Hall–Kier alpha value is -1.62. The van der Waals surface area contributed by atoms with Gasteiger partial charge in [0.05, 0.1) is 6.61 Å². The number of ether oxygens (including phenoxy) is 2. The molecule has 100 valence electrons. The standard InChI is InChI=1S/C13H18O5/c1-8-11(4-5-14)6-12(17-9(2)15)7-13(8)18-10(3)16/h4,12-14H,1,5-7H2,2-3H3. The summed E-state index contributed by atoms with van der Waals surface area (Å²) in [5.41, 5.74) is 1.42. The fraction of sp³-hybridized carbons (Fsp3) is 0.538. The van der Waals surface area contributed by atoms with E-state index >= 15 is 0 Å². The quantitative estimate of drug-likeness (QED) is 0.764. The summed E-state index contributed by atoms with van der Waals surface area (Å²) in [6.45, 7) is 6.38. The summed E-state index contributed by atoms with van der Waals surface area (Å²) >= 11 is 0. The number of aliphatic hydroxyl groups is 1. The normalized spacial score (nSPS) is 25.9. The van der Waals surface area contributed by atoms with Crippen LogP contribution in [0.25, 0.3) is 0 Å². The minimum absolute atomic E-state index is 0.131. The van der Waals surface area contributed by atoms with Crippen molar-refractivity contribution in [3.8, 4) is 0 Å². The number of rotatable bonds is 3. The highest BCUT2D eigenvalue weighted by Crippen LogP contribution is 2.32. The lowest BCUT2D eigenvalue weighted by atomic mass is 9.86. The van der Waals surface area contributed by atoms with Crippen molar-refractivity contribution in [2.24, 2.45) is 0 Å². The maximum absolute atomic E-state index is 11.0. The molecule has 1 fully saturated rings. The largest absolute Gasteiger partial charge is 0.462 e. The van der Waals surface area contributed by atoms with E-state index in [4.69, 9.17) is 14.6 Å². The van der Waals surface area contributed by atoms with Crippen LogP contribution in [0.4, 0.5) is 0 Å². The molecule has 1 aliphatic carbocycles. The van der Waals surface area contributed by atoms with Crippen molar-refractivity contribution >= 4 is 11.9 Å². The second-order valence-electron chi connectivity index (χ2n) is 4.21. The topological polar surface area (TPSA) is 72.8 Å². The van der Waals surface area contributed by atoms with Crippen LogP contribution in [0.15, 0.2) is 23.8 Å². The molecule has 0 bridgehead atoms. The Balaban J connectivity index is 2.83. The van der Waals surface area contributed by atoms with Crippen molar-refractivity contribution in [3.05, 3.63) is 23.8 Å². The molecular formula is C13H18O5. The molecule has 5 heteroatoms.